The Morgan fingerprint density at radius 1 is 1.05 bits per heavy atom. The first kappa shape index (κ1) is 17.2. The first-order valence-electron chi connectivity index (χ1n) is 7.27. The van der Waals surface area contributed by atoms with E-state index in [-0.39, 0.29) is 18.4 Å². The van der Waals surface area contributed by atoms with E-state index in [0.717, 1.165) is 0 Å². The lowest BCUT2D eigenvalue weighted by Crippen LogP contribution is -2.56. The third-order valence-electron chi connectivity index (χ3n) is 3.63. The van der Waals surface area contributed by atoms with Crippen molar-refractivity contribution in [3.8, 4) is 0 Å². The average molecular weight is 299 g/mol. The number of nitrogens with two attached hydrogens (primary N) is 2. The molecule has 0 spiro atoms. The Balaban J connectivity index is 2.50. The number of nitrogens with zero attached hydrogens (tertiary/aromatic N) is 3. The molecule has 4 amide bonds. The van der Waals surface area contributed by atoms with Crippen molar-refractivity contribution < 1.29 is 14.4 Å². The maximum Gasteiger partial charge on any atom is 0.320 e. The minimum Gasteiger partial charge on any atom is -0.370 e. The van der Waals surface area contributed by atoms with Crippen LogP contribution in [-0.4, -0.2) is 77.9 Å². The van der Waals surface area contributed by atoms with Gasteiger partial charge in [-0.25, -0.2) is 4.79 Å². The summed E-state index contributed by atoms with van der Waals surface area (Å²) in [6.45, 7) is 7.01. The van der Waals surface area contributed by atoms with Crippen molar-refractivity contribution in [3.05, 3.63) is 0 Å². The van der Waals surface area contributed by atoms with Crippen molar-refractivity contribution in [2.24, 2.45) is 11.5 Å². The van der Waals surface area contributed by atoms with Crippen molar-refractivity contribution in [1.29, 1.82) is 0 Å². The summed E-state index contributed by atoms with van der Waals surface area (Å²) in [4.78, 5) is 40.1. The zero-order valence-electron chi connectivity index (χ0n) is 12.7. The molecule has 0 radical (unpaired) electrons. The van der Waals surface area contributed by atoms with Crippen LogP contribution in [0.4, 0.5) is 4.79 Å². The quantitative estimate of drug-likeness (QED) is 0.663. The van der Waals surface area contributed by atoms with Crippen molar-refractivity contribution >= 4 is 17.8 Å². The van der Waals surface area contributed by atoms with Crippen LogP contribution in [0, 0.1) is 0 Å². The molecular weight excluding hydrogens is 274 g/mol. The number of amides is 4. The summed E-state index contributed by atoms with van der Waals surface area (Å²) >= 11 is 0. The Morgan fingerprint density at radius 3 is 1.95 bits per heavy atom. The Bertz CT molecular complexity index is 389. The highest BCUT2D eigenvalue weighted by Crippen LogP contribution is 2.08. The third-order valence-corrected chi connectivity index (χ3v) is 3.63. The number of urea groups is 1. The Hall–Kier alpha value is -1.83. The molecular formula is C13H25N5O3. The third kappa shape index (κ3) is 4.59. The first-order valence-corrected chi connectivity index (χ1v) is 7.27. The van der Waals surface area contributed by atoms with Crippen molar-refractivity contribution in [1.82, 2.24) is 14.7 Å². The molecule has 1 fully saturated rings. The van der Waals surface area contributed by atoms with Gasteiger partial charge in [0.1, 0.15) is 0 Å². The van der Waals surface area contributed by atoms with Gasteiger partial charge in [-0.2, -0.15) is 0 Å². The van der Waals surface area contributed by atoms with Crippen LogP contribution in [-0.2, 0) is 9.59 Å². The van der Waals surface area contributed by atoms with Gasteiger partial charge in [0.15, 0.2) is 0 Å². The zero-order chi connectivity index (χ0) is 16.0. The number of primary amides is 1. The largest absolute Gasteiger partial charge is 0.370 e. The van der Waals surface area contributed by atoms with Gasteiger partial charge in [0.05, 0.1) is 12.5 Å². The standard InChI is InChI=1S/C13H25N5O3/c1-3-16(4-2)13(21)18-7-5-17(6-8-18)12(20)10(14)9-11(15)19/h10H,3-9,14H2,1-2H3,(H2,15,19). The molecule has 1 saturated heterocycles. The second-order valence-electron chi connectivity index (χ2n) is 5.04. The number of carbonyl (C=O) groups excluding carboxylic acids is 3. The maximum atomic E-state index is 12.2. The summed E-state index contributed by atoms with van der Waals surface area (Å²) < 4.78 is 0. The first-order chi connectivity index (χ1) is 9.90. The zero-order valence-corrected chi connectivity index (χ0v) is 12.7. The van der Waals surface area contributed by atoms with Gasteiger partial charge in [0, 0.05) is 39.3 Å². The predicted octanol–water partition coefficient (Wildman–Crippen LogP) is -1.20. The summed E-state index contributed by atoms with van der Waals surface area (Å²) in [6.07, 6.45) is -0.155. The van der Waals surface area contributed by atoms with E-state index in [1.165, 1.54) is 0 Å². The van der Waals surface area contributed by atoms with Gasteiger partial charge in [-0.3, -0.25) is 9.59 Å². The predicted molar refractivity (Wildman–Crippen MR) is 78.3 cm³/mol. The fraction of sp³-hybridized carbons (Fsp3) is 0.769. The fourth-order valence-electron chi connectivity index (χ4n) is 2.35. The summed E-state index contributed by atoms with van der Waals surface area (Å²) in [6, 6.07) is -0.902. The Kier molecular flexibility index (Phi) is 6.41. The Labute approximate surface area is 125 Å². The van der Waals surface area contributed by atoms with E-state index in [2.05, 4.69) is 0 Å². The molecule has 0 aromatic rings. The lowest BCUT2D eigenvalue weighted by atomic mass is 10.1. The highest BCUT2D eigenvalue weighted by molar-refractivity contribution is 5.87. The molecule has 1 aliphatic heterocycles. The minimum atomic E-state index is -0.896. The fourth-order valence-corrected chi connectivity index (χ4v) is 2.35. The molecule has 8 heteroatoms. The minimum absolute atomic E-state index is 0.00599. The number of piperazine rings is 1. The van der Waals surface area contributed by atoms with Crippen LogP contribution in [0.1, 0.15) is 20.3 Å². The molecule has 1 unspecified atom stereocenters. The molecule has 0 bridgehead atoms. The van der Waals surface area contributed by atoms with E-state index in [1.54, 1.807) is 14.7 Å². The lowest BCUT2D eigenvalue weighted by Gasteiger charge is -2.37. The highest BCUT2D eigenvalue weighted by atomic mass is 16.2. The smallest absolute Gasteiger partial charge is 0.320 e. The van der Waals surface area contributed by atoms with Crippen LogP contribution in [0.15, 0.2) is 0 Å². The SMILES string of the molecule is CCN(CC)C(=O)N1CCN(C(=O)C(N)CC(N)=O)CC1. The lowest BCUT2D eigenvalue weighted by molar-refractivity contribution is -0.136. The van der Waals surface area contributed by atoms with E-state index in [1.807, 2.05) is 13.8 Å². The molecule has 8 nitrogen and oxygen atoms in total. The normalized spacial score (nSPS) is 16.5. The summed E-state index contributed by atoms with van der Waals surface area (Å²) in [7, 11) is 0. The van der Waals surface area contributed by atoms with Gasteiger partial charge >= 0.3 is 6.03 Å². The molecule has 1 aliphatic rings. The molecule has 0 aromatic carbocycles. The van der Waals surface area contributed by atoms with Gasteiger partial charge in [0.2, 0.25) is 11.8 Å². The van der Waals surface area contributed by atoms with E-state index in [9.17, 15) is 14.4 Å². The number of hydrogen-bond acceptors (Lipinski definition) is 4. The van der Waals surface area contributed by atoms with Gasteiger partial charge in [-0.1, -0.05) is 0 Å². The maximum absolute atomic E-state index is 12.2. The van der Waals surface area contributed by atoms with Gasteiger partial charge in [0.25, 0.3) is 0 Å². The van der Waals surface area contributed by atoms with Gasteiger partial charge in [-0.15, -0.1) is 0 Å². The van der Waals surface area contributed by atoms with Crippen LogP contribution in [0.2, 0.25) is 0 Å². The monoisotopic (exact) mass is 299 g/mol. The average Bonchev–Trinajstić information content (AvgIpc) is 2.47. The number of rotatable bonds is 5. The molecule has 1 heterocycles. The van der Waals surface area contributed by atoms with E-state index in [4.69, 9.17) is 11.5 Å². The van der Waals surface area contributed by atoms with Crippen LogP contribution >= 0.6 is 0 Å². The van der Waals surface area contributed by atoms with Crippen LogP contribution < -0.4 is 11.5 Å². The van der Waals surface area contributed by atoms with Gasteiger partial charge < -0.3 is 26.2 Å². The molecule has 0 saturated carbocycles. The number of carbonyl (C=O) groups is 3. The second-order valence-corrected chi connectivity index (χ2v) is 5.04. The highest BCUT2D eigenvalue weighted by Gasteiger charge is 2.29. The van der Waals surface area contributed by atoms with E-state index < -0.39 is 11.9 Å². The molecule has 4 N–H and O–H groups in total. The molecule has 1 atom stereocenters. The second kappa shape index (κ2) is 7.82. The van der Waals surface area contributed by atoms with Crippen molar-refractivity contribution in [2.75, 3.05) is 39.3 Å². The van der Waals surface area contributed by atoms with E-state index >= 15 is 0 Å². The molecule has 1 rings (SSSR count). The Morgan fingerprint density at radius 2 is 1.52 bits per heavy atom. The topological polar surface area (TPSA) is 113 Å². The van der Waals surface area contributed by atoms with Crippen LogP contribution in [0.3, 0.4) is 0 Å². The summed E-state index contributed by atoms with van der Waals surface area (Å²) in [5.74, 6) is -0.880. The van der Waals surface area contributed by atoms with E-state index in [0.29, 0.717) is 39.3 Å². The van der Waals surface area contributed by atoms with Crippen LogP contribution in [0.5, 0.6) is 0 Å². The van der Waals surface area contributed by atoms with Gasteiger partial charge in [-0.05, 0) is 13.8 Å². The molecule has 0 aliphatic carbocycles. The molecule has 0 aromatic heterocycles. The molecule has 120 valence electrons. The molecule has 21 heavy (non-hydrogen) atoms. The summed E-state index contributed by atoms with van der Waals surface area (Å²) in [5, 5.41) is 0. The number of hydrogen-bond donors (Lipinski definition) is 2. The van der Waals surface area contributed by atoms with Crippen LogP contribution in [0.25, 0.3) is 0 Å². The van der Waals surface area contributed by atoms with Crippen molar-refractivity contribution in [3.63, 3.8) is 0 Å². The summed E-state index contributed by atoms with van der Waals surface area (Å²) in [5.41, 5.74) is 10.7. The van der Waals surface area contributed by atoms with Crippen molar-refractivity contribution in [2.45, 2.75) is 26.3 Å².